The average molecular weight is 245 g/mol. The topological polar surface area (TPSA) is 83.6 Å². The van der Waals surface area contributed by atoms with Gasteiger partial charge in [0.1, 0.15) is 11.8 Å². The summed E-state index contributed by atoms with van der Waals surface area (Å²) in [6.45, 7) is 1.47. The molecule has 0 saturated carbocycles. The van der Waals surface area contributed by atoms with Crippen LogP contribution in [-0.4, -0.2) is 22.2 Å². The number of nitrogens with two attached hydrogens (primary N) is 1. The summed E-state index contributed by atoms with van der Waals surface area (Å²) < 4.78 is 25.2. The number of carboxylic acid groups (broad SMARTS) is 1. The predicted molar refractivity (Wildman–Crippen MR) is 57.1 cm³/mol. The first kappa shape index (κ1) is 13.4. The van der Waals surface area contributed by atoms with Crippen LogP contribution in [0.15, 0.2) is 12.1 Å². The molecule has 94 valence electrons. The minimum atomic E-state index is -2.81. The van der Waals surface area contributed by atoms with Gasteiger partial charge in [-0.25, -0.2) is 8.78 Å². The maximum absolute atomic E-state index is 12.6. The Morgan fingerprint density at radius 2 is 2.06 bits per heavy atom. The van der Waals surface area contributed by atoms with Crippen LogP contribution >= 0.6 is 0 Å². The molecule has 1 aromatic rings. The van der Waals surface area contributed by atoms with Crippen molar-refractivity contribution in [2.45, 2.75) is 25.8 Å². The first-order valence-corrected chi connectivity index (χ1v) is 4.91. The predicted octanol–water partition coefficient (Wildman–Crippen LogP) is 1.59. The number of hydrogen-bond donors (Lipinski definition) is 3. The normalized spacial score (nSPS) is 12.8. The highest BCUT2D eigenvalue weighted by Gasteiger charge is 2.18. The fourth-order valence-electron chi connectivity index (χ4n) is 1.51. The Labute approximate surface area is 96.7 Å². The van der Waals surface area contributed by atoms with Crippen LogP contribution in [0.4, 0.5) is 8.78 Å². The Balaban J connectivity index is 3.06. The van der Waals surface area contributed by atoms with Crippen molar-refractivity contribution < 1.29 is 23.8 Å². The van der Waals surface area contributed by atoms with E-state index in [2.05, 4.69) is 0 Å². The van der Waals surface area contributed by atoms with Gasteiger partial charge in [-0.05, 0) is 30.5 Å². The molecule has 0 aromatic heterocycles. The third-order valence-corrected chi connectivity index (χ3v) is 2.40. The van der Waals surface area contributed by atoms with E-state index in [1.807, 2.05) is 0 Å². The molecular formula is C11H13F2NO3. The van der Waals surface area contributed by atoms with Crippen LogP contribution in [0, 0.1) is 6.92 Å². The van der Waals surface area contributed by atoms with Gasteiger partial charge in [0.25, 0.3) is 6.43 Å². The van der Waals surface area contributed by atoms with Crippen molar-refractivity contribution in [3.63, 3.8) is 0 Å². The van der Waals surface area contributed by atoms with E-state index in [-0.39, 0.29) is 12.0 Å². The molecule has 0 amide bonds. The highest BCUT2D eigenvalue weighted by Crippen LogP contribution is 2.32. The summed E-state index contributed by atoms with van der Waals surface area (Å²) in [6, 6.07) is 1.38. The molecule has 0 radical (unpaired) electrons. The molecule has 0 bridgehead atoms. The van der Waals surface area contributed by atoms with E-state index < -0.39 is 29.7 Å². The van der Waals surface area contributed by atoms with Crippen LogP contribution in [0.1, 0.15) is 23.1 Å². The summed E-state index contributed by atoms with van der Waals surface area (Å²) in [7, 11) is 0. The monoisotopic (exact) mass is 245 g/mol. The lowest BCUT2D eigenvalue weighted by Gasteiger charge is -2.12. The largest absolute Gasteiger partial charge is 0.507 e. The van der Waals surface area contributed by atoms with E-state index in [1.54, 1.807) is 0 Å². The van der Waals surface area contributed by atoms with Gasteiger partial charge in [-0.2, -0.15) is 0 Å². The van der Waals surface area contributed by atoms with Gasteiger partial charge in [0.2, 0.25) is 0 Å². The van der Waals surface area contributed by atoms with E-state index >= 15 is 0 Å². The minimum Gasteiger partial charge on any atom is -0.507 e. The molecule has 4 N–H and O–H groups in total. The fraction of sp³-hybridized carbons (Fsp3) is 0.364. The van der Waals surface area contributed by atoms with Crippen molar-refractivity contribution in [1.29, 1.82) is 0 Å². The Hall–Kier alpha value is -1.69. The molecule has 1 unspecified atom stereocenters. The van der Waals surface area contributed by atoms with Crippen molar-refractivity contribution in [2.75, 3.05) is 0 Å². The Morgan fingerprint density at radius 1 is 1.47 bits per heavy atom. The van der Waals surface area contributed by atoms with E-state index in [4.69, 9.17) is 10.8 Å². The lowest BCUT2D eigenvalue weighted by atomic mass is 10.00. The zero-order valence-corrected chi connectivity index (χ0v) is 9.15. The first-order valence-electron chi connectivity index (χ1n) is 4.91. The molecule has 0 heterocycles. The van der Waals surface area contributed by atoms with E-state index in [0.717, 1.165) is 6.07 Å². The van der Waals surface area contributed by atoms with Crippen LogP contribution < -0.4 is 5.73 Å². The second-order valence-corrected chi connectivity index (χ2v) is 3.80. The number of aromatic hydroxyl groups is 1. The summed E-state index contributed by atoms with van der Waals surface area (Å²) in [5.74, 6) is -1.66. The fourth-order valence-corrected chi connectivity index (χ4v) is 1.51. The van der Waals surface area contributed by atoms with Gasteiger partial charge in [-0.3, -0.25) is 4.79 Å². The van der Waals surface area contributed by atoms with Crippen molar-refractivity contribution in [3.8, 4) is 5.75 Å². The molecule has 1 atom stereocenters. The van der Waals surface area contributed by atoms with Crippen LogP contribution in [0.3, 0.4) is 0 Å². The second-order valence-electron chi connectivity index (χ2n) is 3.80. The summed E-state index contributed by atoms with van der Waals surface area (Å²) in [6.07, 6.45) is -2.87. The Bertz CT molecular complexity index is 435. The Morgan fingerprint density at radius 3 is 2.53 bits per heavy atom. The number of phenols is 1. The lowest BCUT2D eigenvalue weighted by Crippen LogP contribution is -2.32. The molecule has 17 heavy (non-hydrogen) atoms. The van der Waals surface area contributed by atoms with Crippen molar-refractivity contribution in [3.05, 3.63) is 28.8 Å². The summed E-state index contributed by atoms with van der Waals surface area (Å²) in [5.41, 5.74) is 5.45. The molecule has 0 fully saturated rings. The summed E-state index contributed by atoms with van der Waals surface area (Å²) in [5, 5.41) is 18.0. The van der Waals surface area contributed by atoms with Gasteiger partial charge in [-0.1, -0.05) is 6.07 Å². The zero-order valence-electron chi connectivity index (χ0n) is 9.15. The molecule has 0 aliphatic heterocycles. The van der Waals surface area contributed by atoms with Crippen LogP contribution in [0.5, 0.6) is 5.75 Å². The number of halogens is 2. The zero-order chi connectivity index (χ0) is 13.2. The third-order valence-electron chi connectivity index (χ3n) is 2.40. The smallest absolute Gasteiger partial charge is 0.320 e. The van der Waals surface area contributed by atoms with E-state index in [9.17, 15) is 18.7 Å². The maximum atomic E-state index is 12.6. The molecule has 0 aliphatic carbocycles. The Kier molecular flexibility index (Phi) is 4.01. The molecule has 0 saturated heterocycles. The number of alkyl halides is 2. The first-order chi connectivity index (χ1) is 7.82. The molecule has 0 spiro atoms. The quantitative estimate of drug-likeness (QED) is 0.752. The number of aliphatic carboxylic acids is 1. The molecule has 1 aromatic carbocycles. The minimum absolute atomic E-state index is 0.0594. The molecule has 1 rings (SSSR count). The van der Waals surface area contributed by atoms with Crippen LogP contribution in [-0.2, 0) is 11.2 Å². The number of rotatable bonds is 4. The van der Waals surface area contributed by atoms with Crippen molar-refractivity contribution >= 4 is 5.97 Å². The number of phenolic OH excluding ortho intramolecular Hbond substituents is 1. The average Bonchev–Trinajstić information content (AvgIpc) is 2.22. The number of aryl methyl sites for hydroxylation is 1. The summed E-state index contributed by atoms with van der Waals surface area (Å²) >= 11 is 0. The van der Waals surface area contributed by atoms with Gasteiger partial charge < -0.3 is 15.9 Å². The van der Waals surface area contributed by atoms with Crippen molar-refractivity contribution in [2.24, 2.45) is 5.73 Å². The molecule has 6 heteroatoms. The molecular weight excluding hydrogens is 232 g/mol. The van der Waals surface area contributed by atoms with Crippen LogP contribution in [0.25, 0.3) is 0 Å². The van der Waals surface area contributed by atoms with Gasteiger partial charge in [0, 0.05) is 0 Å². The number of carboxylic acids is 1. The van der Waals surface area contributed by atoms with Gasteiger partial charge in [0.05, 0.1) is 5.56 Å². The number of hydrogen-bond acceptors (Lipinski definition) is 3. The van der Waals surface area contributed by atoms with E-state index in [0.29, 0.717) is 5.56 Å². The highest BCUT2D eigenvalue weighted by molar-refractivity contribution is 5.73. The van der Waals surface area contributed by atoms with Crippen LogP contribution in [0.2, 0.25) is 0 Å². The lowest BCUT2D eigenvalue weighted by molar-refractivity contribution is -0.138. The number of carbonyl (C=O) groups is 1. The van der Waals surface area contributed by atoms with Gasteiger partial charge in [0.15, 0.2) is 0 Å². The second kappa shape index (κ2) is 5.09. The SMILES string of the molecule is Cc1cc(CC(N)C(=O)O)cc(C(F)F)c1O. The maximum Gasteiger partial charge on any atom is 0.320 e. The number of benzene rings is 1. The van der Waals surface area contributed by atoms with Gasteiger partial charge >= 0.3 is 5.97 Å². The standard InChI is InChI=1S/C11H13F2NO3/c1-5-2-6(4-8(14)11(16)17)3-7(9(5)15)10(12)13/h2-3,8,10,15H,4,14H2,1H3,(H,16,17). The van der Waals surface area contributed by atoms with E-state index in [1.165, 1.54) is 13.0 Å². The third kappa shape index (κ3) is 3.13. The summed E-state index contributed by atoms with van der Waals surface area (Å²) in [4.78, 5) is 10.6. The highest BCUT2D eigenvalue weighted by atomic mass is 19.3. The molecule has 4 nitrogen and oxygen atoms in total. The van der Waals surface area contributed by atoms with Crippen molar-refractivity contribution in [1.82, 2.24) is 0 Å². The molecule has 0 aliphatic rings. The van der Waals surface area contributed by atoms with Gasteiger partial charge in [-0.15, -0.1) is 0 Å².